The van der Waals surface area contributed by atoms with Crippen molar-refractivity contribution in [3.8, 4) is 6.07 Å². The van der Waals surface area contributed by atoms with Crippen molar-refractivity contribution in [3.63, 3.8) is 0 Å². The molecule has 0 saturated carbocycles. The van der Waals surface area contributed by atoms with Crippen molar-refractivity contribution in [3.05, 3.63) is 57.4 Å². The van der Waals surface area contributed by atoms with Crippen molar-refractivity contribution in [2.24, 2.45) is 0 Å². The molecule has 0 unspecified atom stereocenters. The van der Waals surface area contributed by atoms with E-state index in [9.17, 15) is 23.3 Å². The molecule has 31 heavy (non-hydrogen) atoms. The number of nitrogens with one attached hydrogen (secondary N) is 2. The van der Waals surface area contributed by atoms with Crippen LogP contribution in [-0.4, -0.2) is 55.7 Å². The molecule has 2 aromatic rings. The standard InChI is InChI=1S/C20H22N4O5S2/c1-14-10-18(25)23-20(17(14)11-21)30-13-19(26)22-12-15-2-4-16(5-3-15)31(27,28)24-6-8-29-9-7-24/h2-5,10H,6-9,12-13H2,1H3,(H,22,26)(H,23,25). The van der Waals surface area contributed by atoms with Crippen LogP contribution in [0.4, 0.5) is 0 Å². The molecular formula is C20H22N4O5S2. The van der Waals surface area contributed by atoms with Gasteiger partial charge in [-0.05, 0) is 30.2 Å². The van der Waals surface area contributed by atoms with Crippen molar-refractivity contribution >= 4 is 27.7 Å². The van der Waals surface area contributed by atoms with Gasteiger partial charge in [-0.2, -0.15) is 9.57 Å². The number of aryl methyl sites for hydroxylation is 1. The van der Waals surface area contributed by atoms with Gasteiger partial charge < -0.3 is 15.0 Å². The smallest absolute Gasteiger partial charge is 0.249 e. The second kappa shape index (κ2) is 10.1. The minimum Gasteiger partial charge on any atom is -0.379 e. The first-order valence-corrected chi connectivity index (χ1v) is 11.9. The van der Waals surface area contributed by atoms with Gasteiger partial charge in [0.25, 0.3) is 0 Å². The third kappa shape index (κ3) is 5.74. The van der Waals surface area contributed by atoms with E-state index in [0.717, 1.165) is 17.3 Å². The summed E-state index contributed by atoms with van der Waals surface area (Å²) >= 11 is 1.08. The number of aromatic nitrogens is 1. The monoisotopic (exact) mass is 462 g/mol. The van der Waals surface area contributed by atoms with Crippen LogP contribution in [-0.2, 0) is 26.1 Å². The Bertz CT molecular complexity index is 1150. The van der Waals surface area contributed by atoms with Crippen LogP contribution < -0.4 is 10.9 Å². The summed E-state index contributed by atoms with van der Waals surface area (Å²) in [5.41, 5.74) is 1.32. The van der Waals surface area contributed by atoms with Crippen LogP contribution in [0.5, 0.6) is 0 Å². The average Bonchev–Trinajstić information content (AvgIpc) is 2.77. The molecule has 2 N–H and O–H groups in total. The number of sulfonamides is 1. The Morgan fingerprint density at radius 1 is 1.29 bits per heavy atom. The van der Waals surface area contributed by atoms with Crippen LogP contribution in [0.25, 0.3) is 0 Å². The predicted octanol–water partition coefficient (Wildman–Crippen LogP) is 0.984. The molecule has 0 bridgehead atoms. The highest BCUT2D eigenvalue weighted by Crippen LogP contribution is 2.21. The summed E-state index contributed by atoms with van der Waals surface area (Å²) in [5, 5.41) is 12.3. The molecule has 1 saturated heterocycles. The Balaban J connectivity index is 1.55. The normalized spacial score (nSPS) is 14.7. The fourth-order valence-corrected chi connectivity index (χ4v) is 5.32. The van der Waals surface area contributed by atoms with Gasteiger partial charge in [0.1, 0.15) is 6.07 Å². The zero-order chi connectivity index (χ0) is 22.4. The van der Waals surface area contributed by atoms with Crippen LogP contribution in [0, 0.1) is 18.3 Å². The first-order chi connectivity index (χ1) is 14.8. The SMILES string of the molecule is Cc1cc(=O)[nH]c(SCC(=O)NCc2ccc(S(=O)(=O)N3CCOCC3)cc2)c1C#N. The number of ether oxygens (including phenoxy) is 1. The fraction of sp³-hybridized carbons (Fsp3) is 0.350. The maximum Gasteiger partial charge on any atom is 0.249 e. The Morgan fingerprint density at radius 3 is 2.61 bits per heavy atom. The van der Waals surface area contributed by atoms with Crippen LogP contribution in [0.1, 0.15) is 16.7 Å². The first-order valence-electron chi connectivity index (χ1n) is 9.51. The average molecular weight is 463 g/mol. The summed E-state index contributed by atoms with van der Waals surface area (Å²) in [6.45, 7) is 3.32. The molecule has 0 aliphatic carbocycles. The molecule has 164 valence electrons. The number of morpholine rings is 1. The molecule has 0 spiro atoms. The molecule has 1 aromatic heterocycles. The maximum atomic E-state index is 12.6. The Morgan fingerprint density at radius 2 is 1.97 bits per heavy atom. The number of H-pyrrole nitrogens is 1. The number of rotatable bonds is 7. The van der Waals surface area contributed by atoms with E-state index in [1.807, 2.05) is 6.07 Å². The molecule has 0 atom stereocenters. The predicted molar refractivity (Wildman–Crippen MR) is 115 cm³/mol. The number of thioether (sulfide) groups is 1. The largest absolute Gasteiger partial charge is 0.379 e. The highest BCUT2D eigenvalue weighted by atomic mass is 32.2. The van der Waals surface area contributed by atoms with E-state index in [1.54, 1.807) is 19.1 Å². The van der Waals surface area contributed by atoms with Gasteiger partial charge in [0.15, 0.2) is 0 Å². The van der Waals surface area contributed by atoms with Crippen molar-refractivity contribution in [2.45, 2.75) is 23.4 Å². The topological polar surface area (TPSA) is 132 Å². The first kappa shape index (κ1) is 23.0. The van der Waals surface area contributed by atoms with Crippen LogP contribution in [0.2, 0.25) is 0 Å². The number of carbonyl (C=O) groups excluding carboxylic acids is 1. The van der Waals surface area contributed by atoms with Gasteiger partial charge in [-0.1, -0.05) is 23.9 Å². The quantitative estimate of drug-likeness (QED) is 0.586. The second-order valence-corrected chi connectivity index (χ2v) is 9.78. The number of hydrogen-bond donors (Lipinski definition) is 2. The summed E-state index contributed by atoms with van der Waals surface area (Å²) < 4.78 is 31.9. The molecule has 1 aromatic carbocycles. The highest BCUT2D eigenvalue weighted by molar-refractivity contribution is 8.00. The van der Waals surface area contributed by atoms with Gasteiger partial charge in [-0.15, -0.1) is 0 Å². The lowest BCUT2D eigenvalue weighted by atomic mass is 10.2. The number of nitriles is 1. The Hall–Kier alpha value is -2.65. The summed E-state index contributed by atoms with van der Waals surface area (Å²) in [5.74, 6) is -0.251. The molecule has 1 fully saturated rings. The number of pyridine rings is 1. The van der Waals surface area contributed by atoms with Gasteiger partial charge in [-0.25, -0.2) is 8.42 Å². The molecule has 2 heterocycles. The third-order valence-electron chi connectivity index (χ3n) is 4.69. The molecule has 1 aliphatic rings. The highest BCUT2D eigenvalue weighted by Gasteiger charge is 2.26. The van der Waals surface area contributed by atoms with E-state index in [2.05, 4.69) is 10.3 Å². The van der Waals surface area contributed by atoms with E-state index >= 15 is 0 Å². The maximum absolute atomic E-state index is 12.6. The number of benzene rings is 1. The van der Waals surface area contributed by atoms with Crippen molar-refractivity contribution in [1.29, 1.82) is 5.26 Å². The van der Waals surface area contributed by atoms with Crippen molar-refractivity contribution < 1.29 is 17.9 Å². The molecule has 1 aliphatic heterocycles. The van der Waals surface area contributed by atoms with E-state index in [0.29, 0.717) is 42.5 Å². The molecule has 9 nitrogen and oxygen atoms in total. The van der Waals surface area contributed by atoms with Gasteiger partial charge >= 0.3 is 0 Å². The summed E-state index contributed by atoms with van der Waals surface area (Å²) in [6.07, 6.45) is 0. The Kier molecular flexibility index (Phi) is 7.50. The van der Waals surface area contributed by atoms with E-state index < -0.39 is 10.0 Å². The summed E-state index contributed by atoms with van der Waals surface area (Å²) in [4.78, 5) is 26.6. The summed E-state index contributed by atoms with van der Waals surface area (Å²) in [6, 6.07) is 9.74. The number of amides is 1. The minimum atomic E-state index is -3.56. The van der Waals surface area contributed by atoms with Gasteiger partial charge in [0.2, 0.25) is 21.5 Å². The van der Waals surface area contributed by atoms with Crippen LogP contribution in [0.15, 0.2) is 45.0 Å². The third-order valence-corrected chi connectivity index (χ3v) is 7.60. The zero-order valence-corrected chi connectivity index (χ0v) is 18.5. The summed E-state index contributed by atoms with van der Waals surface area (Å²) in [7, 11) is -3.56. The van der Waals surface area contributed by atoms with Gasteiger partial charge in [-0.3, -0.25) is 9.59 Å². The van der Waals surface area contributed by atoms with Gasteiger partial charge in [0.05, 0.1) is 34.5 Å². The van der Waals surface area contributed by atoms with E-state index in [-0.39, 0.29) is 28.7 Å². The number of aromatic amines is 1. The van der Waals surface area contributed by atoms with Crippen LogP contribution >= 0.6 is 11.8 Å². The molecule has 3 rings (SSSR count). The molecule has 0 radical (unpaired) electrons. The molecular weight excluding hydrogens is 440 g/mol. The molecule has 1 amide bonds. The lowest BCUT2D eigenvalue weighted by molar-refractivity contribution is -0.118. The fourth-order valence-electron chi connectivity index (χ4n) is 3.01. The number of hydrogen-bond acceptors (Lipinski definition) is 7. The molecule has 11 heteroatoms. The Labute approximate surface area is 184 Å². The minimum absolute atomic E-state index is 0.0254. The second-order valence-electron chi connectivity index (χ2n) is 6.86. The van der Waals surface area contributed by atoms with Crippen molar-refractivity contribution in [2.75, 3.05) is 32.1 Å². The van der Waals surface area contributed by atoms with Gasteiger partial charge in [0, 0.05) is 25.7 Å². The lowest BCUT2D eigenvalue weighted by Crippen LogP contribution is -2.40. The zero-order valence-electron chi connectivity index (χ0n) is 16.9. The van der Waals surface area contributed by atoms with Crippen molar-refractivity contribution in [1.82, 2.24) is 14.6 Å². The van der Waals surface area contributed by atoms with Crippen LogP contribution in [0.3, 0.4) is 0 Å². The number of nitrogens with zero attached hydrogens (tertiary/aromatic N) is 2. The van der Waals surface area contributed by atoms with E-state index in [1.165, 1.54) is 22.5 Å². The number of carbonyl (C=O) groups is 1. The lowest BCUT2D eigenvalue weighted by Gasteiger charge is -2.26. The van der Waals surface area contributed by atoms with E-state index in [4.69, 9.17) is 4.74 Å².